The Kier molecular flexibility index (Phi) is 4.56. The summed E-state index contributed by atoms with van der Waals surface area (Å²) >= 11 is 5.15. The molecule has 1 aliphatic rings. The number of amides is 1. The minimum atomic E-state index is -0.628. The Bertz CT molecular complexity index is 672. The average molecular weight is 320 g/mol. The first-order valence-corrected chi connectivity index (χ1v) is 7.02. The van der Waals surface area contributed by atoms with Crippen LogP contribution < -0.4 is 4.74 Å². The fraction of sp³-hybridized carbons (Fsp3) is 0.333. The maximum atomic E-state index is 11.9. The van der Waals surface area contributed by atoms with Crippen LogP contribution in [0.4, 0.5) is 0 Å². The van der Waals surface area contributed by atoms with Crippen LogP contribution in [0.2, 0.25) is 0 Å². The molecule has 7 heteroatoms. The topological polar surface area (TPSA) is 79.2 Å². The Balaban J connectivity index is 2.58. The molecule has 1 N–H and O–H groups in total. The van der Waals surface area contributed by atoms with Crippen molar-refractivity contribution in [1.82, 2.24) is 4.90 Å². The van der Waals surface area contributed by atoms with E-state index in [2.05, 4.69) is 4.99 Å². The van der Waals surface area contributed by atoms with E-state index in [0.717, 1.165) is 6.29 Å². The second kappa shape index (κ2) is 6.23. The van der Waals surface area contributed by atoms with Crippen LogP contribution in [0.25, 0.3) is 0 Å². The van der Waals surface area contributed by atoms with Crippen LogP contribution in [0.15, 0.2) is 23.2 Å². The fourth-order valence-electron chi connectivity index (χ4n) is 2.54. The number of ether oxygens (including phenoxy) is 1. The van der Waals surface area contributed by atoms with E-state index >= 15 is 0 Å². The highest BCUT2D eigenvalue weighted by atomic mass is 32.1. The quantitative estimate of drug-likeness (QED) is 0.679. The number of benzene rings is 1. The fourth-order valence-corrected chi connectivity index (χ4v) is 2.92. The van der Waals surface area contributed by atoms with Crippen molar-refractivity contribution in [3.05, 3.63) is 23.8 Å². The predicted molar refractivity (Wildman–Crippen MR) is 85.2 cm³/mol. The highest BCUT2D eigenvalue weighted by Gasteiger charge is 2.38. The molecular formula is C15H16N2O4S. The number of phenolic OH excluding ortho intramolecular Hbond substituents is 1. The Morgan fingerprint density at radius 3 is 2.68 bits per heavy atom. The number of aromatic hydroxyl groups is 1. The minimum Gasteiger partial charge on any atom is -0.504 e. The number of carbonyl (C=O) groups is 2. The average Bonchev–Trinajstić information content (AvgIpc) is 2.45. The van der Waals surface area contributed by atoms with E-state index in [-0.39, 0.29) is 16.8 Å². The van der Waals surface area contributed by atoms with Gasteiger partial charge in [0.2, 0.25) is 11.0 Å². The molecule has 2 unspecified atom stereocenters. The summed E-state index contributed by atoms with van der Waals surface area (Å²) in [5, 5.41) is 10.1. The summed E-state index contributed by atoms with van der Waals surface area (Å²) in [6.07, 6.45) is 0.739. The molecule has 6 nitrogen and oxygen atoms in total. The molecule has 0 saturated carbocycles. The van der Waals surface area contributed by atoms with E-state index in [1.165, 1.54) is 25.0 Å². The van der Waals surface area contributed by atoms with Gasteiger partial charge in [0.1, 0.15) is 6.29 Å². The van der Waals surface area contributed by atoms with E-state index < -0.39 is 12.0 Å². The van der Waals surface area contributed by atoms with Gasteiger partial charge in [0.15, 0.2) is 11.5 Å². The van der Waals surface area contributed by atoms with Crippen molar-refractivity contribution in [3.63, 3.8) is 0 Å². The summed E-state index contributed by atoms with van der Waals surface area (Å²) < 4.78 is 5.01. The van der Waals surface area contributed by atoms with Crippen molar-refractivity contribution in [3.8, 4) is 11.5 Å². The zero-order valence-corrected chi connectivity index (χ0v) is 13.3. The van der Waals surface area contributed by atoms with E-state index in [4.69, 9.17) is 17.0 Å². The lowest BCUT2D eigenvalue weighted by atomic mass is 9.88. The summed E-state index contributed by atoms with van der Waals surface area (Å²) in [5.41, 5.74) is 1.13. The number of hydrogen-bond acceptors (Lipinski definition) is 5. The monoisotopic (exact) mass is 320 g/mol. The maximum Gasteiger partial charge on any atom is 0.226 e. The normalized spacial score (nSPS) is 21.3. The Morgan fingerprint density at radius 1 is 1.50 bits per heavy atom. The molecule has 0 fully saturated rings. The number of rotatable bonds is 3. The zero-order valence-electron chi connectivity index (χ0n) is 12.4. The lowest BCUT2D eigenvalue weighted by Gasteiger charge is -2.37. The number of hydrogen-bond donors (Lipinski definition) is 1. The summed E-state index contributed by atoms with van der Waals surface area (Å²) in [6.45, 7) is 3.06. The third kappa shape index (κ3) is 2.71. The molecule has 2 rings (SSSR count). The van der Waals surface area contributed by atoms with E-state index in [1.807, 2.05) is 0 Å². The number of carbonyl (C=O) groups excluding carboxylic acids is 2. The summed E-state index contributed by atoms with van der Waals surface area (Å²) in [5.74, 6) is -0.694. The van der Waals surface area contributed by atoms with Gasteiger partial charge in [-0.15, -0.1) is 0 Å². The highest BCUT2D eigenvalue weighted by molar-refractivity contribution is 7.80. The van der Waals surface area contributed by atoms with Gasteiger partial charge in [0.25, 0.3) is 0 Å². The van der Waals surface area contributed by atoms with Crippen molar-refractivity contribution < 1.29 is 19.4 Å². The first kappa shape index (κ1) is 16.1. The number of aldehydes is 1. The van der Waals surface area contributed by atoms with Crippen LogP contribution in [0.5, 0.6) is 11.5 Å². The number of nitrogens with zero attached hydrogens (tertiary/aromatic N) is 2. The second-order valence-corrected chi connectivity index (χ2v) is 5.33. The van der Waals surface area contributed by atoms with Crippen molar-refractivity contribution in [2.45, 2.75) is 19.9 Å². The standard InChI is InChI=1S/C15H16N2O4S/c1-8-11(7-18)14(17(9(2)19)15(22)16-8)10-4-5-13(21-3)12(20)6-10/h4-7,11,14,20H,1-3H3. The number of aliphatic imine (C=N–C) groups is 1. The van der Waals surface area contributed by atoms with Crippen LogP contribution in [-0.2, 0) is 9.59 Å². The molecule has 0 radical (unpaired) electrons. The van der Waals surface area contributed by atoms with Gasteiger partial charge in [0, 0.05) is 12.6 Å². The SMILES string of the molecule is COc1ccc(C2C(C=O)C(C)=NC(=S)N2C(C)=O)cc1O. The molecule has 0 spiro atoms. The van der Waals surface area contributed by atoms with E-state index in [9.17, 15) is 14.7 Å². The van der Waals surface area contributed by atoms with Gasteiger partial charge in [-0.05, 0) is 36.8 Å². The second-order valence-electron chi connectivity index (χ2n) is 4.96. The molecule has 0 aromatic heterocycles. The van der Waals surface area contributed by atoms with Crippen molar-refractivity contribution in [1.29, 1.82) is 0 Å². The van der Waals surface area contributed by atoms with Gasteiger partial charge in [-0.2, -0.15) is 0 Å². The predicted octanol–water partition coefficient (Wildman–Crippen LogP) is 1.86. The van der Waals surface area contributed by atoms with Gasteiger partial charge in [-0.25, -0.2) is 4.99 Å². The molecule has 0 saturated heterocycles. The van der Waals surface area contributed by atoms with Gasteiger partial charge in [-0.3, -0.25) is 9.69 Å². The van der Waals surface area contributed by atoms with Crippen LogP contribution in [0.3, 0.4) is 0 Å². The molecule has 2 atom stereocenters. The number of thiocarbonyl (C=S) groups is 1. The van der Waals surface area contributed by atoms with Crippen LogP contribution in [0.1, 0.15) is 25.5 Å². The molecular weight excluding hydrogens is 304 g/mol. The van der Waals surface area contributed by atoms with Gasteiger partial charge in [-0.1, -0.05) is 6.07 Å². The van der Waals surface area contributed by atoms with Crippen molar-refractivity contribution in [2.24, 2.45) is 10.9 Å². The highest BCUT2D eigenvalue weighted by Crippen LogP contribution is 2.37. The molecule has 1 amide bonds. The Morgan fingerprint density at radius 2 is 2.18 bits per heavy atom. The smallest absolute Gasteiger partial charge is 0.226 e. The van der Waals surface area contributed by atoms with Crippen LogP contribution >= 0.6 is 12.2 Å². The van der Waals surface area contributed by atoms with E-state index in [0.29, 0.717) is 17.0 Å². The van der Waals surface area contributed by atoms with E-state index in [1.54, 1.807) is 19.1 Å². The summed E-state index contributed by atoms with van der Waals surface area (Å²) in [4.78, 5) is 28.8. The maximum absolute atomic E-state index is 11.9. The summed E-state index contributed by atoms with van der Waals surface area (Å²) in [6, 6.07) is 4.11. The molecule has 1 aromatic carbocycles. The van der Waals surface area contributed by atoms with Crippen LogP contribution in [0, 0.1) is 5.92 Å². The Hall–Kier alpha value is -2.28. The lowest BCUT2D eigenvalue weighted by molar-refractivity contribution is -0.127. The number of phenols is 1. The molecule has 22 heavy (non-hydrogen) atoms. The molecule has 1 heterocycles. The van der Waals surface area contributed by atoms with Gasteiger partial charge >= 0.3 is 0 Å². The summed E-state index contributed by atoms with van der Waals surface area (Å²) in [7, 11) is 1.44. The lowest BCUT2D eigenvalue weighted by Crippen LogP contribution is -2.46. The van der Waals surface area contributed by atoms with Crippen molar-refractivity contribution >= 4 is 35.2 Å². The first-order valence-electron chi connectivity index (χ1n) is 6.61. The molecule has 116 valence electrons. The zero-order chi connectivity index (χ0) is 16.4. The third-order valence-electron chi connectivity index (χ3n) is 3.61. The van der Waals surface area contributed by atoms with Gasteiger partial charge < -0.3 is 14.6 Å². The molecule has 0 bridgehead atoms. The number of methoxy groups -OCH3 is 1. The van der Waals surface area contributed by atoms with Crippen LogP contribution in [-0.4, -0.2) is 40.1 Å². The third-order valence-corrected chi connectivity index (χ3v) is 3.90. The molecule has 1 aliphatic heterocycles. The largest absolute Gasteiger partial charge is 0.504 e. The first-order chi connectivity index (χ1) is 10.4. The van der Waals surface area contributed by atoms with Gasteiger partial charge in [0.05, 0.1) is 19.1 Å². The minimum absolute atomic E-state index is 0.0702. The van der Waals surface area contributed by atoms with Crippen molar-refractivity contribution in [2.75, 3.05) is 7.11 Å². The molecule has 0 aliphatic carbocycles. The Labute approximate surface area is 133 Å². The molecule has 1 aromatic rings.